The lowest BCUT2D eigenvalue weighted by Gasteiger charge is -2.33. The number of hydrogen-bond donors (Lipinski definition) is 2. The molecule has 5 nitrogen and oxygen atoms in total. The van der Waals surface area contributed by atoms with Crippen LogP contribution in [0.1, 0.15) is 43.9 Å². The minimum atomic E-state index is -0.395. The van der Waals surface area contributed by atoms with Crippen LogP contribution in [-0.4, -0.2) is 27.8 Å². The van der Waals surface area contributed by atoms with E-state index in [1.807, 2.05) is 33.8 Å². The first-order valence-electron chi connectivity index (χ1n) is 6.39. The van der Waals surface area contributed by atoms with Crippen molar-refractivity contribution in [2.75, 3.05) is 6.54 Å². The minimum absolute atomic E-state index is 0.119. The first kappa shape index (κ1) is 14.7. The summed E-state index contributed by atoms with van der Waals surface area (Å²) in [7, 11) is 1.78. The molecule has 1 atom stereocenters. The number of carbonyl (C=O) groups excluding carboxylic acids is 1. The van der Waals surface area contributed by atoms with E-state index in [9.17, 15) is 4.79 Å². The van der Waals surface area contributed by atoms with E-state index in [0.717, 1.165) is 12.1 Å². The second-order valence-electron chi connectivity index (χ2n) is 5.23. The predicted molar refractivity (Wildman–Crippen MR) is 72.3 cm³/mol. The molecule has 1 heterocycles. The molecule has 0 aliphatic rings. The van der Waals surface area contributed by atoms with Gasteiger partial charge in [-0.2, -0.15) is 5.10 Å². The standard InChI is InChI=1S/C13H24N4O/c1-6-10-7-11(17(5)16-10)12(18)15-13(4,8-14)9(2)3/h7,9H,6,8,14H2,1-5H3,(H,15,18). The van der Waals surface area contributed by atoms with E-state index < -0.39 is 5.54 Å². The molecule has 18 heavy (non-hydrogen) atoms. The van der Waals surface area contributed by atoms with Crippen LogP contribution in [0.2, 0.25) is 0 Å². The van der Waals surface area contributed by atoms with E-state index >= 15 is 0 Å². The van der Waals surface area contributed by atoms with Crippen molar-refractivity contribution in [1.82, 2.24) is 15.1 Å². The highest BCUT2D eigenvalue weighted by Crippen LogP contribution is 2.16. The molecule has 0 spiro atoms. The smallest absolute Gasteiger partial charge is 0.270 e. The van der Waals surface area contributed by atoms with Gasteiger partial charge in [-0.25, -0.2) is 0 Å². The second-order valence-corrected chi connectivity index (χ2v) is 5.23. The molecule has 0 aliphatic heterocycles. The quantitative estimate of drug-likeness (QED) is 0.823. The molecule has 0 aliphatic carbocycles. The maximum Gasteiger partial charge on any atom is 0.270 e. The highest BCUT2D eigenvalue weighted by molar-refractivity contribution is 5.93. The molecule has 0 fully saturated rings. The van der Waals surface area contributed by atoms with Crippen molar-refractivity contribution >= 4 is 5.91 Å². The number of amides is 1. The summed E-state index contributed by atoms with van der Waals surface area (Å²) >= 11 is 0. The Bertz CT molecular complexity index is 425. The summed E-state index contributed by atoms with van der Waals surface area (Å²) < 4.78 is 1.62. The zero-order chi connectivity index (χ0) is 13.9. The van der Waals surface area contributed by atoms with Gasteiger partial charge in [0, 0.05) is 13.6 Å². The van der Waals surface area contributed by atoms with Crippen molar-refractivity contribution in [2.45, 2.75) is 39.7 Å². The van der Waals surface area contributed by atoms with Gasteiger partial charge in [0.05, 0.1) is 11.2 Å². The Hall–Kier alpha value is -1.36. The number of carbonyl (C=O) groups is 1. The zero-order valence-corrected chi connectivity index (χ0v) is 11.9. The Labute approximate surface area is 109 Å². The number of rotatable bonds is 5. The van der Waals surface area contributed by atoms with Gasteiger partial charge in [0.15, 0.2) is 0 Å². The summed E-state index contributed by atoms with van der Waals surface area (Å²) in [5.74, 6) is 0.150. The van der Waals surface area contributed by atoms with Crippen molar-refractivity contribution in [2.24, 2.45) is 18.7 Å². The minimum Gasteiger partial charge on any atom is -0.344 e. The Kier molecular flexibility index (Phi) is 4.51. The van der Waals surface area contributed by atoms with Crippen molar-refractivity contribution < 1.29 is 4.79 Å². The fraction of sp³-hybridized carbons (Fsp3) is 0.692. The lowest BCUT2D eigenvalue weighted by Crippen LogP contribution is -2.55. The van der Waals surface area contributed by atoms with E-state index in [2.05, 4.69) is 10.4 Å². The van der Waals surface area contributed by atoms with Crippen LogP contribution in [-0.2, 0) is 13.5 Å². The second kappa shape index (κ2) is 5.52. The Morgan fingerprint density at radius 2 is 2.22 bits per heavy atom. The topological polar surface area (TPSA) is 72.9 Å². The summed E-state index contributed by atoms with van der Waals surface area (Å²) in [6.07, 6.45) is 0.819. The number of nitrogens with one attached hydrogen (secondary N) is 1. The third-order valence-corrected chi connectivity index (χ3v) is 3.62. The van der Waals surface area contributed by atoms with Gasteiger partial charge < -0.3 is 11.1 Å². The summed E-state index contributed by atoms with van der Waals surface area (Å²) in [5.41, 5.74) is 6.87. The molecular weight excluding hydrogens is 228 g/mol. The summed E-state index contributed by atoms with van der Waals surface area (Å²) in [5, 5.41) is 7.29. The van der Waals surface area contributed by atoms with Crippen LogP contribution in [0.5, 0.6) is 0 Å². The highest BCUT2D eigenvalue weighted by atomic mass is 16.2. The monoisotopic (exact) mass is 252 g/mol. The van der Waals surface area contributed by atoms with Crippen molar-refractivity contribution in [3.05, 3.63) is 17.5 Å². The molecule has 3 N–H and O–H groups in total. The van der Waals surface area contributed by atoms with Gasteiger partial charge in [0.25, 0.3) is 5.91 Å². The summed E-state index contributed by atoms with van der Waals surface area (Å²) in [6, 6.07) is 1.83. The molecule has 0 saturated carbocycles. The Balaban J connectivity index is 2.91. The van der Waals surface area contributed by atoms with Crippen molar-refractivity contribution in [3.8, 4) is 0 Å². The molecule has 1 unspecified atom stereocenters. The molecule has 5 heteroatoms. The van der Waals surface area contributed by atoms with Gasteiger partial charge in [0.1, 0.15) is 5.69 Å². The first-order valence-corrected chi connectivity index (χ1v) is 6.39. The fourth-order valence-electron chi connectivity index (χ4n) is 1.67. The van der Waals surface area contributed by atoms with Gasteiger partial charge in [0.2, 0.25) is 0 Å². The fourth-order valence-corrected chi connectivity index (χ4v) is 1.67. The first-order chi connectivity index (χ1) is 8.34. The van der Waals surface area contributed by atoms with E-state index in [-0.39, 0.29) is 11.8 Å². The lowest BCUT2D eigenvalue weighted by atomic mass is 9.88. The maximum atomic E-state index is 12.2. The lowest BCUT2D eigenvalue weighted by molar-refractivity contribution is 0.0873. The molecule has 1 rings (SSSR count). The van der Waals surface area contributed by atoms with E-state index in [4.69, 9.17) is 5.73 Å². The van der Waals surface area contributed by atoms with Gasteiger partial charge in [-0.05, 0) is 25.3 Å². The van der Waals surface area contributed by atoms with Crippen LogP contribution in [0.3, 0.4) is 0 Å². The van der Waals surface area contributed by atoms with Crippen molar-refractivity contribution in [3.63, 3.8) is 0 Å². The molecule has 0 radical (unpaired) electrons. The van der Waals surface area contributed by atoms with Gasteiger partial charge in [-0.15, -0.1) is 0 Å². The van der Waals surface area contributed by atoms with Gasteiger partial charge >= 0.3 is 0 Å². The number of nitrogens with two attached hydrogens (primary N) is 1. The normalized spacial score (nSPS) is 14.6. The van der Waals surface area contributed by atoms with Crippen LogP contribution < -0.4 is 11.1 Å². The molecule has 102 valence electrons. The van der Waals surface area contributed by atoms with Crippen LogP contribution in [0, 0.1) is 5.92 Å². The molecule has 1 amide bonds. The summed E-state index contributed by atoms with van der Waals surface area (Å²) in [6.45, 7) is 8.49. The average molecular weight is 252 g/mol. The molecule has 1 aromatic rings. The summed E-state index contributed by atoms with van der Waals surface area (Å²) in [4.78, 5) is 12.2. The van der Waals surface area contributed by atoms with Gasteiger partial charge in [-0.1, -0.05) is 20.8 Å². The SMILES string of the molecule is CCc1cc(C(=O)NC(C)(CN)C(C)C)n(C)n1. The van der Waals surface area contributed by atoms with Crippen LogP contribution >= 0.6 is 0 Å². The zero-order valence-electron chi connectivity index (χ0n) is 11.9. The Morgan fingerprint density at radius 1 is 1.61 bits per heavy atom. The number of aryl methyl sites for hydroxylation is 2. The van der Waals surface area contributed by atoms with Gasteiger partial charge in [-0.3, -0.25) is 9.48 Å². The van der Waals surface area contributed by atoms with E-state index in [0.29, 0.717) is 12.2 Å². The molecular formula is C13H24N4O. The third kappa shape index (κ3) is 2.90. The molecule has 1 aromatic heterocycles. The Morgan fingerprint density at radius 3 is 2.61 bits per heavy atom. The average Bonchev–Trinajstić information content (AvgIpc) is 2.70. The third-order valence-electron chi connectivity index (χ3n) is 3.62. The molecule has 0 saturated heterocycles. The largest absolute Gasteiger partial charge is 0.344 e. The van der Waals surface area contributed by atoms with E-state index in [1.54, 1.807) is 11.7 Å². The number of hydrogen-bond acceptors (Lipinski definition) is 3. The van der Waals surface area contributed by atoms with Crippen LogP contribution in [0.15, 0.2) is 6.07 Å². The van der Waals surface area contributed by atoms with E-state index in [1.165, 1.54) is 0 Å². The van der Waals surface area contributed by atoms with Crippen LogP contribution in [0.25, 0.3) is 0 Å². The molecule has 0 bridgehead atoms. The number of aromatic nitrogens is 2. The maximum absolute atomic E-state index is 12.2. The highest BCUT2D eigenvalue weighted by Gasteiger charge is 2.29. The predicted octanol–water partition coefficient (Wildman–Crippen LogP) is 1.09. The number of nitrogens with zero attached hydrogens (tertiary/aromatic N) is 2. The van der Waals surface area contributed by atoms with Crippen molar-refractivity contribution in [1.29, 1.82) is 0 Å². The van der Waals surface area contributed by atoms with Crippen LogP contribution in [0.4, 0.5) is 0 Å². The molecule has 0 aromatic carbocycles.